The van der Waals surface area contributed by atoms with Crippen molar-refractivity contribution in [3.05, 3.63) is 24.3 Å². The molecule has 8 heteroatoms. The minimum absolute atomic E-state index is 0.0853. The second-order valence-corrected chi connectivity index (χ2v) is 9.68. The van der Waals surface area contributed by atoms with Crippen LogP contribution in [-0.4, -0.2) is 58.6 Å². The van der Waals surface area contributed by atoms with Gasteiger partial charge in [-0.1, -0.05) is 90.7 Å². The molecule has 0 spiro atoms. The Balaban J connectivity index is 0. The summed E-state index contributed by atoms with van der Waals surface area (Å²) in [5.74, 6) is -1.95. The molecule has 216 valence electrons. The third-order valence-corrected chi connectivity index (χ3v) is 5.59. The Kier molecular flexibility index (Phi) is 25.4. The number of carboxylic acids is 2. The van der Waals surface area contributed by atoms with Crippen LogP contribution in [-0.2, 0) is 23.9 Å². The lowest BCUT2D eigenvalue weighted by Gasteiger charge is -2.10. The average molecular weight is 529 g/mol. The van der Waals surface area contributed by atoms with Gasteiger partial charge in [0.1, 0.15) is 12.7 Å². The van der Waals surface area contributed by atoms with Crippen molar-refractivity contribution in [1.29, 1.82) is 0 Å². The fourth-order valence-corrected chi connectivity index (χ4v) is 3.12. The molecular formula is C29H52O8. The van der Waals surface area contributed by atoms with Crippen LogP contribution in [0.2, 0.25) is 0 Å². The van der Waals surface area contributed by atoms with Crippen LogP contribution in [0.15, 0.2) is 24.3 Å². The molecule has 1 rings (SSSR count). The summed E-state index contributed by atoms with van der Waals surface area (Å²) >= 11 is 0. The number of hydrogen-bond acceptors (Lipinski definition) is 6. The van der Waals surface area contributed by atoms with E-state index in [0.717, 1.165) is 38.5 Å². The largest absolute Gasteiger partial charge is 0.481 e. The number of carboxylic acid groups (broad SMARTS) is 2. The molecule has 2 atom stereocenters. The summed E-state index contributed by atoms with van der Waals surface area (Å²) in [4.78, 5) is 30.6. The van der Waals surface area contributed by atoms with Gasteiger partial charge in [0.15, 0.2) is 0 Å². The summed E-state index contributed by atoms with van der Waals surface area (Å²) in [5, 5.41) is 26.3. The van der Waals surface area contributed by atoms with Crippen LogP contribution in [0, 0.1) is 0 Å². The van der Waals surface area contributed by atoms with Gasteiger partial charge in [0.25, 0.3) is 0 Å². The molecule has 0 aromatic heterocycles. The molecule has 0 aromatic rings. The number of ether oxygens (including phenoxy) is 2. The van der Waals surface area contributed by atoms with E-state index in [-0.39, 0.29) is 23.8 Å². The van der Waals surface area contributed by atoms with Crippen molar-refractivity contribution < 1.29 is 39.2 Å². The molecule has 1 fully saturated rings. The van der Waals surface area contributed by atoms with Gasteiger partial charge in [-0.05, 0) is 33.1 Å². The third-order valence-electron chi connectivity index (χ3n) is 5.59. The van der Waals surface area contributed by atoms with Crippen molar-refractivity contribution in [1.82, 2.24) is 0 Å². The lowest BCUT2D eigenvalue weighted by Crippen LogP contribution is -2.09. The minimum Gasteiger partial charge on any atom is -0.481 e. The maximum atomic E-state index is 10.7. The van der Waals surface area contributed by atoms with Crippen molar-refractivity contribution in [2.24, 2.45) is 0 Å². The zero-order chi connectivity index (χ0) is 28.5. The number of aliphatic carboxylic acids is 2. The fraction of sp³-hybridized carbons (Fsp3) is 0.759. The highest BCUT2D eigenvalue weighted by Gasteiger charge is 2.24. The Labute approximate surface area is 224 Å². The number of aliphatic hydroxyl groups is 1. The van der Waals surface area contributed by atoms with Crippen molar-refractivity contribution >= 4 is 17.9 Å². The van der Waals surface area contributed by atoms with E-state index in [1.54, 1.807) is 6.92 Å². The molecule has 1 saturated heterocycles. The second kappa shape index (κ2) is 25.5. The third kappa shape index (κ3) is 31.8. The SMILES string of the molecule is C=C(C)C(=O)O.C=C(C)C(=O)OCC1CO1.CCCCCCC(O)CCCCCCCCCCC(=O)O. The molecule has 1 heterocycles. The molecule has 0 amide bonds. The number of rotatable bonds is 20. The predicted molar refractivity (Wildman–Crippen MR) is 147 cm³/mol. The van der Waals surface area contributed by atoms with Gasteiger partial charge >= 0.3 is 17.9 Å². The maximum absolute atomic E-state index is 10.7. The van der Waals surface area contributed by atoms with Gasteiger partial charge in [-0.3, -0.25) is 4.79 Å². The van der Waals surface area contributed by atoms with E-state index in [1.165, 1.54) is 58.3 Å². The van der Waals surface area contributed by atoms with Gasteiger partial charge in [-0.25, -0.2) is 9.59 Å². The maximum Gasteiger partial charge on any atom is 0.333 e. The molecule has 0 aromatic carbocycles. The van der Waals surface area contributed by atoms with E-state index >= 15 is 0 Å². The van der Waals surface area contributed by atoms with Crippen LogP contribution >= 0.6 is 0 Å². The molecule has 0 bridgehead atoms. The van der Waals surface area contributed by atoms with Crippen molar-refractivity contribution in [3.8, 4) is 0 Å². The van der Waals surface area contributed by atoms with Crippen LogP contribution in [0.1, 0.15) is 117 Å². The lowest BCUT2D eigenvalue weighted by molar-refractivity contribution is -0.139. The molecule has 8 nitrogen and oxygen atoms in total. The second-order valence-electron chi connectivity index (χ2n) is 9.68. The molecule has 0 aliphatic carbocycles. The predicted octanol–water partition coefficient (Wildman–Crippen LogP) is 6.45. The van der Waals surface area contributed by atoms with Crippen molar-refractivity contribution in [2.75, 3.05) is 13.2 Å². The molecule has 1 aliphatic rings. The molecule has 2 unspecified atom stereocenters. The van der Waals surface area contributed by atoms with E-state index in [0.29, 0.717) is 25.2 Å². The van der Waals surface area contributed by atoms with Gasteiger partial charge in [0, 0.05) is 17.6 Å². The first-order valence-electron chi connectivity index (χ1n) is 13.7. The van der Waals surface area contributed by atoms with Gasteiger partial charge in [0.2, 0.25) is 0 Å². The van der Waals surface area contributed by atoms with Crippen LogP contribution in [0.5, 0.6) is 0 Å². The average Bonchev–Trinajstić information content (AvgIpc) is 3.66. The van der Waals surface area contributed by atoms with E-state index < -0.39 is 11.9 Å². The van der Waals surface area contributed by atoms with E-state index in [9.17, 15) is 19.5 Å². The standard InChI is InChI=1S/C18H36O3.C7H10O3.C4H6O2/c1-2-3-4-11-14-17(19)15-12-9-7-5-6-8-10-13-16-18(20)21;1-5(2)7(8)10-4-6-3-9-6;1-3(2)4(5)6/h17,19H,2-16H2,1H3,(H,20,21);6H,1,3-4H2,2H3;1H2,2H3,(H,5,6). The first-order valence-corrected chi connectivity index (χ1v) is 13.7. The van der Waals surface area contributed by atoms with Crippen LogP contribution in [0.25, 0.3) is 0 Å². The fourth-order valence-electron chi connectivity index (χ4n) is 3.12. The summed E-state index contributed by atoms with van der Waals surface area (Å²) in [6.45, 7) is 13.0. The summed E-state index contributed by atoms with van der Waals surface area (Å²) in [7, 11) is 0. The zero-order valence-corrected chi connectivity index (χ0v) is 23.5. The van der Waals surface area contributed by atoms with E-state index in [1.807, 2.05) is 0 Å². The molecule has 37 heavy (non-hydrogen) atoms. The number of esters is 1. The lowest BCUT2D eigenvalue weighted by atomic mass is 10.0. The first-order chi connectivity index (χ1) is 17.5. The summed E-state index contributed by atoms with van der Waals surface area (Å²) in [6, 6.07) is 0. The highest BCUT2D eigenvalue weighted by molar-refractivity contribution is 5.87. The smallest absolute Gasteiger partial charge is 0.333 e. The number of carbonyl (C=O) groups excluding carboxylic acids is 1. The van der Waals surface area contributed by atoms with Crippen molar-refractivity contribution in [3.63, 3.8) is 0 Å². The quantitative estimate of drug-likeness (QED) is 0.0710. The first kappa shape index (κ1) is 37.0. The Hall–Kier alpha value is -2.19. The normalized spacial score (nSPS) is 14.2. The topological polar surface area (TPSA) is 134 Å². The molecule has 0 saturated carbocycles. The Morgan fingerprint density at radius 1 is 0.838 bits per heavy atom. The monoisotopic (exact) mass is 528 g/mol. The van der Waals surface area contributed by atoms with Crippen LogP contribution in [0.4, 0.5) is 0 Å². The van der Waals surface area contributed by atoms with Gasteiger partial charge in [-0.15, -0.1) is 0 Å². The number of unbranched alkanes of at least 4 members (excludes halogenated alkanes) is 10. The number of epoxide rings is 1. The van der Waals surface area contributed by atoms with Gasteiger partial charge < -0.3 is 24.8 Å². The Bertz CT molecular complexity index is 628. The minimum atomic E-state index is -0.935. The van der Waals surface area contributed by atoms with Gasteiger partial charge in [-0.2, -0.15) is 0 Å². The Morgan fingerprint density at radius 2 is 1.27 bits per heavy atom. The molecule has 0 radical (unpaired) electrons. The van der Waals surface area contributed by atoms with Crippen molar-refractivity contribution in [2.45, 2.75) is 129 Å². The molecule has 1 aliphatic heterocycles. The number of hydrogen-bond donors (Lipinski definition) is 3. The molecular weight excluding hydrogens is 476 g/mol. The number of aliphatic hydroxyl groups excluding tert-OH is 1. The summed E-state index contributed by atoms with van der Waals surface area (Å²) in [5.41, 5.74) is 0.607. The van der Waals surface area contributed by atoms with Crippen LogP contribution in [0.3, 0.4) is 0 Å². The van der Waals surface area contributed by atoms with Crippen LogP contribution < -0.4 is 0 Å². The highest BCUT2D eigenvalue weighted by Crippen LogP contribution is 2.14. The zero-order valence-electron chi connectivity index (χ0n) is 23.5. The summed E-state index contributed by atoms with van der Waals surface area (Å²) < 4.78 is 9.60. The van der Waals surface area contributed by atoms with Gasteiger partial charge in [0.05, 0.1) is 12.7 Å². The number of carbonyl (C=O) groups is 3. The summed E-state index contributed by atoms with van der Waals surface area (Å²) in [6.07, 6.45) is 16.4. The van der Waals surface area contributed by atoms with E-state index in [4.69, 9.17) is 19.7 Å². The Morgan fingerprint density at radius 3 is 1.65 bits per heavy atom. The highest BCUT2D eigenvalue weighted by atomic mass is 16.6. The molecule has 3 N–H and O–H groups in total. The van der Waals surface area contributed by atoms with E-state index in [2.05, 4.69) is 20.1 Å².